The van der Waals surface area contributed by atoms with E-state index in [0.29, 0.717) is 16.2 Å². The summed E-state index contributed by atoms with van der Waals surface area (Å²) in [5.74, 6) is -0.648. The molecule has 1 amide bonds. The topological polar surface area (TPSA) is 41.5 Å². The van der Waals surface area contributed by atoms with Crippen LogP contribution in [0.1, 0.15) is 22.2 Å². The van der Waals surface area contributed by atoms with Crippen LogP contribution in [0, 0.1) is 5.82 Å². The van der Waals surface area contributed by atoms with Crippen molar-refractivity contribution in [3.8, 4) is 0 Å². The van der Waals surface area contributed by atoms with E-state index in [1.54, 1.807) is 37.3 Å². The van der Waals surface area contributed by atoms with Crippen LogP contribution in [0.4, 0.5) is 4.39 Å². The van der Waals surface area contributed by atoms with E-state index < -0.39 is 0 Å². The third-order valence-corrected chi connectivity index (χ3v) is 3.20. The third-order valence-electron chi connectivity index (χ3n) is 2.33. The summed E-state index contributed by atoms with van der Waals surface area (Å²) in [7, 11) is 0. The molecular formula is C13H11FN2OS. The number of hydrogen-bond donors (Lipinski definition) is 1. The van der Waals surface area contributed by atoms with Gasteiger partial charge in [0.05, 0.1) is 10.6 Å². The van der Waals surface area contributed by atoms with E-state index in [0.717, 1.165) is 0 Å². The third kappa shape index (κ3) is 2.81. The van der Waals surface area contributed by atoms with Gasteiger partial charge in [0.2, 0.25) is 0 Å². The Morgan fingerprint density at radius 3 is 2.72 bits per heavy atom. The Morgan fingerprint density at radius 1 is 1.28 bits per heavy atom. The molecule has 0 aliphatic heterocycles. The molecule has 0 aliphatic carbocycles. The number of benzene rings is 1. The number of rotatable bonds is 3. The Bertz CT molecular complexity index is 578. The second kappa shape index (κ2) is 5.55. The summed E-state index contributed by atoms with van der Waals surface area (Å²) in [5, 5.41) is 5.70. The number of hydrogen-bond acceptors (Lipinski definition) is 3. The number of halogens is 1. The minimum atomic E-state index is -0.357. The second-order valence-corrected chi connectivity index (χ2v) is 4.54. The molecule has 5 heteroatoms. The summed E-state index contributed by atoms with van der Waals surface area (Å²) in [6.07, 6.45) is 0. The predicted octanol–water partition coefficient (Wildman–Crippen LogP) is 3.04. The minimum absolute atomic E-state index is 0.291. The van der Waals surface area contributed by atoms with Gasteiger partial charge in [-0.2, -0.15) is 5.10 Å². The average Bonchev–Trinajstić information content (AvgIpc) is 2.90. The summed E-state index contributed by atoms with van der Waals surface area (Å²) >= 11 is 1.33. The maximum Gasteiger partial charge on any atom is 0.281 e. The van der Waals surface area contributed by atoms with Gasteiger partial charge in [-0.3, -0.25) is 4.79 Å². The molecule has 1 heterocycles. The van der Waals surface area contributed by atoms with Gasteiger partial charge in [-0.1, -0.05) is 24.3 Å². The van der Waals surface area contributed by atoms with E-state index in [-0.39, 0.29) is 11.7 Å². The number of carbonyl (C=O) groups excluding carboxylic acids is 1. The molecule has 92 valence electrons. The highest BCUT2D eigenvalue weighted by molar-refractivity contribution is 7.12. The number of amides is 1. The molecule has 18 heavy (non-hydrogen) atoms. The number of hydrazone groups is 1. The number of carbonyl (C=O) groups is 1. The summed E-state index contributed by atoms with van der Waals surface area (Å²) in [6.45, 7) is 1.65. The average molecular weight is 262 g/mol. The van der Waals surface area contributed by atoms with Crippen LogP contribution in [0.3, 0.4) is 0 Å². The first-order valence-electron chi connectivity index (χ1n) is 5.31. The van der Waals surface area contributed by atoms with E-state index >= 15 is 0 Å². The molecule has 1 aromatic heterocycles. The summed E-state index contributed by atoms with van der Waals surface area (Å²) in [6, 6.07) is 9.79. The molecule has 0 bridgehead atoms. The molecule has 1 aromatic carbocycles. The largest absolute Gasteiger partial charge is 0.281 e. The zero-order chi connectivity index (χ0) is 13.0. The van der Waals surface area contributed by atoms with Crippen molar-refractivity contribution in [3.05, 3.63) is 58.0 Å². The van der Waals surface area contributed by atoms with Crippen LogP contribution in [0.5, 0.6) is 0 Å². The standard InChI is InChI=1S/C13H11FN2OS/c1-9(10-5-2-3-6-11(10)14)15-16-13(17)12-7-4-8-18-12/h2-8H,1H3,(H,16,17)/b15-9+. The highest BCUT2D eigenvalue weighted by Crippen LogP contribution is 2.09. The fourth-order valence-corrected chi connectivity index (χ4v) is 2.03. The molecule has 1 N–H and O–H groups in total. The van der Waals surface area contributed by atoms with Gasteiger partial charge in [0.25, 0.3) is 5.91 Å². The molecule has 0 radical (unpaired) electrons. The first-order valence-corrected chi connectivity index (χ1v) is 6.19. The molecule has 0 saturated carbocycles. The molecule has 0 aliphatic rings. The van der Waals surface area contributed by atoms with Crippen molar-refractivity contribution in [3.63, 3.8) is 0 Å². The van der Waals surface area contributed by atoms with Crippen LogP contribution in [0.25, 0.3) is 0 Å². The maximum absolute atomic E-state index is 13.4. The van der Waals surface area contributed by atoms with Gasteiger partial charge in [-0.05, 0) is 24.4 Å². The first kappa shape index (κ1) is 12.4. The molecule has 3 nitrogen and oxygen atoms in total. The van der Waals surface area contributed by atoms with Crippen LogP contribution in [-0.2, 0) is 0 Å². The van der Waals surface area contributed by atoms with E-state index in [9.17, 15) is 9.18 Å². The smallest absolute Gasteiger partial charge is 0.266 e. The summed E-state index contributed by atoms with van der Waals surface area (Å²) in [5.41, 5.74) is 3.21. The normalized spacial score (nSPS) is 11.3. The van der Waals surface area contributed by atoms with Crippen molar-refractivity contribution in [2.45, 2.75) is 6.92 Å². The van der Waals surface area contributed by atoms with Gasteiger partial charge < -0.3 is 0 Å². The second-order valence-electron chi connectivity index (χ2n) is 3.60. The molecule has 0 unspecified atom stereocenters. The fraction of sp³-hybridized carbons (Fsp3) is 0.0769. The van der Waals surface area contributed by atoms with E-state index in [2.05, 4.69) is 10.5 Å². The molecule has 0 spiro atoms. The maximum atomic E-state index is 13.4. The summed E-state index contributed by atoms with van der Waals surface area (Å²) in [4.78, 5) is 12.2. The Kier molecular flexibility index (Phi) is 3.84. The number of nitrogens with one attached hydrogen (secondary N) is 1. The monoisotopic (exact) mass is 262 g/mol. The lowest BCUT2D eigenvalue weighted by atomic mass is 10.1. The number of thiophene rings is 1. The van der Waals surface area contributed by atoms with Crippen molar-refractivity contribution in [1.29, 1.82) is 0 Å². The van der Waals surface area contributed by atoms with Crippen molar-refractivity contribution >= 4 is 23.0 Å². The lowest BCUT2D eigenvalue weighted by molar-refractivity contribution is 0.0959. The van der Waals surface area contributed by atoms with Gasteiger partial charge in [0.1, 0.15) is 5.82 Å². The number of nitrogens with zero attached hydrogens (tertiary/aromatic N) is 1. The zero-order valence-electron chi connectivity index (χ0n) is 9.68. The van der Waals surface area contributed by atoms with Gasteiger partial charge in [0, 0.05) is 5.56 Å². The van der Waals surface area contributed by atoms with Crippen molar-refractivity contribution in [2.24, 2.45) is 5.10 Å². The first-order chi connectivity index (χ1) is 8.68. The Labute approximate surface area is 108 Å². The van der Waals surface area contributed by atoms with Crippen LogP contribution in [-0.4, -0.2) is 11.6 Å². The molecule has 2 aromatic rings. The van der Waals surface area contributed by atoms with E-state index in [1.807, 2.05) is 5.38 Å². The SMILES string of the molecule is C/C(=N\NC(=O)c1cccs1)c1ccccc1F. The van der Waals surface area contributed by atoms with Crippen LogP contribution in [0.15, 0.2) is 46.9 Å². The quantitative estimate of drug-likeness (QED) is 0.670. The Morgan fingerprint density at radius 2 is 2.06 bits per heavy atom. The lowest BCUT2D eigenvalue weighted by Gasteiger charge is -2.02. The Balaban J connectivity index is 2.11. The molecule has 0 saturated heterocycles. The molecule has 0 fully saturated rings. The fourth-order valence-electron chi connectivity index (χ4n) is 1.41. The summed E-state index contributed by atoms with van der Waals surface area (Å²) < 4.78 is 13.4. The highest BCUT2D eigenvalue weighted by Gasteiger charge is 2.07. The van der Waals surface area contributed by atoms with Crippen LogP contribution >= 0.6 is 11.3 Å². The molecule has 0 atom stereocenters. The van der Waals surface area contributed by atoms with Crippen molar-refractivity contribution < 1.29 is 9.18 Å². The zero-order valence-corrected chi connectivity index (χ0v) is 10.5. The van der Waals surface area contributed by atoms with Gasteiger partial charge in [-0.15, -0.1) is 11.3 Å². The molecule has 2 rings (SSSR count). The van der Waals surface area contributed by atoms with Gasteiger partial charge >= 0.3 is 0 Å². The predicted molar refractivity (Wildman–Crippen MR) is 70.4 cm³/mol. The molecular weight excluding hydrogens is 251 g/mol. The van der Waals surface area contributed by atoms with Crippen molar-refractivity contribution in [1.82, 2.24) is 5.43 Å². The van der Waals surface area contributed by atoms with Crippen LogP contribution in [0.2, 0.25) is 0 Å². The van der Waals surface area contributed by atoms with E-state index in [4.69, 9.17) is 0 Å². The van der Waals surface area contributed by atoms with E-state index in [1.165, 1.54) is 17.4 Å². The highest BCUT2D eigenvalue weighted by atomic mass is 32.1. The minimum Gasteiger partial charge on any atom is -0.266 e. The van der Waals surface area contributed by atoms with Crippen LogP contribution < -0.4 is 5.43 Å². The lowest BCUT2D eigenvalue weighted by Crippen LogP contribution is -2.18. The Hall–Kier alpha value is -2.01. The van der Waals surface area contributed by atoms with Crippen molar-refractivity contribution in [2.75, 3.05) is 0 Å². The van der Waals surface area contributed by atoms with Gasteiger partial charge in [-0.25, -0.2) is 9.82 Å². The van der Waals surface area contributed by atoms with Gasteiger partial charge in [0.15, 0.2) is 0 Å².